The number of hydrogen-bond donors (Lipinski definition) is 3. The van der Waals surface area contributed by atoms with Gasteiger partial charge < -0.3 is 15.3 Å². The molecule has 38 heavy (non-hydrogen) atoms. The van der Waals surface area contributed by atoms with E-state index >= 15 is 0 Å². The van der Waals surface area contributed by atoms with Crippen LogP contribution in [-0.2, 0) is 11.3 Å². The molecule has 2 aromatic carbocycles. The number of carbonyl (C=O) groups excluding carboxylic acids is 1. The number of carbonyl (C=O) groups is 1. The lowest BCUT2D eigenvalue weighted by molar-refractivity contribution is -0.105. The number of fused-ring (bicyclic) bond motifs is 1. The number of aryl methyl sites for hydroxylation is 1. The summed E-state index contributed by atoms with van der Waals surface area (Å²) in [5.41, 5.74) is 3.93. The van der Waals surface area contributed by atoms with Crippen LogP contribution in [0.25, 0.3) is 16.6 Å². The second kappa shape index (κ2) is 11.9. The number of phenols is 1. The summed E-state index contributed by atoms with van der Waals surface area (Å²) in [6.07, 6.45) is 4.73. The van der Waals surface area contributed by atoms with Crippen LogP contribution >= 0.6 is 0 Å². The maximum atomic E-state index is 13.0. The van der Waals surface area contributed by atoms with Gasteiger partial charge in [-0.2, -0.15) is 5.10 Å². The zero-order valence-electron chi connectivity index (χ0n) is 22.4. The molecule has 3 N–H and O–H groups in total. The number of aromatic nitrogens is 4. The minimum atomic E-state index is -0.104. The first-order valence-electron chi connectivity index (χ1n) is 13.0. The Kier molecular flexibility index (Phi) is 8.42. The lowest BCUT2D eigenvalue weighted by Gasteiger charge is -2.14. The number of likely N-dealkylation sites (tertiary alicyclic amines) is 1. The average molecular weight is 518 g/mol. The monoisotopic (exact) mass is 517 g/mol. The molecule has 1 aliphatic heterocycles. The summed E-state index contributed by atoms with van der Waals surface area (Å²) in [5, 5.41) is 21.7. The molecule has 200 valence electrons. The van der Waals surface area contributed by atoms with Crippen molar-refractivity contribution in [2.75, 3.05) is 25.0 Å². The highest BCUT2D eigenvalue weighted by atomic mass is 16.3. The van der Waals surface area contributed by atoms with Gasteiger partial charge in [0, 0.05) is 30.1 Å². The average Bonchev–Trinajstić information content (AvgIpc) is 3.67. The number of aromatic amines is 1. The molecular formula is C28H35N7O3. The number of nitrogens with one attached hydrogen (secondary N) is 2. The normalized spacial score (nSPS) is 13.9. The molecule has 10 heteroatoms. The number of benzene rings is 2. The zero-order valence-corrected chi connectivity index (χ0v) is 22.4. The van der Waals surface area contributed by atoms with Crippen molar-refractivity contribution in [1.82, 2.24) is 24.5 Å². The van der Waals surface area contributed by atoms with Crippen LogP contribution in [-0.4, -0.2) is 61.3 Å². The lowest BCUT2D eigenvalue weighted by atomic mass is 10.1. The van der Waals surface area contributed by atoms with Gasteiger partial charge in [0.1, 0.15) is 11.4 Å². The van der Waals surface area contributed by atoms with Gasteiger partial charge in [0.2, 0.25) is 6.41 Å². The molecule has 1 aliphatic rings. The van der Waals surface area contributed by atoms with Crippen LogP contribution in [0.4, 0.5) is 11.4 Å². The molecule has 10 nitrogen and oxygen atoms in total. The SMILES string of the molecule is CC.CC(=Nc1c(O)cc(-n2ccc(C)n2)cc1NC=O)c1cccc2c(=O)n(CCN3CCCC3)[nH]c12. The fraction of sp³-hybridized carbons (Fsp3) is 0.357. The van der Waals surface area contributed by atoms with E-state index < -0.39 is 0 Å². The Balaban J connectivity index is 0.00000164. The van der Waals surface area contributed by atoms with E-state index in [0.717, 1.165) is 30.9 Å². The molecule has 1 amide bonds. The van der Waals surface area contributed by atoms with E-state index in [2.05, 4.69) is 25.4 Å². The number of aliphatic imine (C=N–C) groups is 1. The third kappa shape index (κ3) is 5.55. The van der Waals surface area contributed by atoms with E-state index in [-0.39, 0.29) is 17.0 Å². The molecule has 0 unspecified atom stereocenters. The zero-order chi connectivity index (χ0) is 27.2. The topological polar surface area (TPSA) is 121 Å². The number of amides is 1. The summed E-state index contributed by atoms with van der Waals surface area (Å²) >= 11 is 0. The Morgan fingerprint density at radius 2 is 1.95 bits per heavy atom. The minimum Gasteiger partial charge on any atom is -0.506 e. The number of H-pyrrole nitrogens is 1. The maximum absolute atomic E-state index is 13.0. The van der Waals surface area contributed by atoms with Crippen LogP contribution in [0.5, 0.6) is 5.75 Å². The van der Waals surface area contributed by atoms with Crippen molar-refractivity contribution in [3.63, 3.8) is 0 Å². The largest absolute Gasteiger partial charge is 0.506 e. The summed E-state index contributed by atoms with van der Waals surface area (Å²) < 4.78 is 3.26. The van der Waals surface area contributed by atoms with Crippen LogP contribution in [0.15, 0.2) is 52.4 Å². The van der Waals surface area contributed by atoms with Crippen LogP contribution in [0, 0.1) is 6.92 Å². The minimum absolute atomic E-state index is 0.0659. The standard InChI is InChI=1S/C26H29N7O3.C2H6/c1-17-8-11-32(29-17)19-14-22(27-16-34)25(23(35)15-19)28-18(2)20-6-5-7-21-24(20)30-33(26(21)36)13-12-31-9-3-4-10-31;1-2/h5-8,11,14-16,30,35H,3-4,9-10,12-13H2,1-2H3,(H,27,34);1-2H3. The van der Waals surface area contributed by atoms with Crippen LogP contribution in [0.1, 0.15) is 44.9 Å². The van der Waals surface area contributed by atoms with E-state index in [1.165, 1.54) is 12.8 Å². The number of para-hydroxylation sites is 1. The Morgan fingerprint density at radius 1 is 1.18 bits per heavy atom. The Hall–Kier alpha value is -4.18. The lowest BCUT2D eigenvalue weighted by Crippen LogP contribution is -2.28. The first-order chi connectivity index (χ1) is 18.4. The van der Waals surface area contributed by atoms with E-state index in [0.29, 0.717) is 40.9 Å². The highest BCUT2D eigenvalue weighted by Gasteiger charge is 2.17. The maximum Gasteiger partial charge on any atom is 0.274 e. The van der Waals surface area contributed by atoms with Crippen molar-refractivity contribution in [3.8, 4) is 11.4 Å². The van der Waals surface area contributed by atoms with Gasteiger partial charge in [-0.05, 0) is 58.0 Å². The van der Waals surface area contributed by atoms with Crippen molar-refractivity contribution in [3.05, 3.63) is 64.2 Å². The second-order valence-electron chi connectivity index (χ2n) is 9.07. The molecule has 1 saturated heterocycles. The molecule has 0 bridgehead atoms. The molecule has 3 heterocycles. The molecule has 0 radical (unpaired) electrons. The quantitative estimate of drug-likeness (QED) is 0.237. The highest BCUT2D eigenvalue weighted by molar-refractivity contribution is 6.10. The van der Waals surface area contributed by atoms with Gasteiger partial charge >= 0.3 is 0 Å². The summed E-state index contributed by atoms with van der Waals surface area (Å²) in [5.74, 6) is -0.104. The summed E-state index contributed by atoms with van der Waals surface area (Å²) in [6, 6.07) is 10.6. The van der Waals surface area contributed by atoms with Crippen LogP contribution in [0.3, 0.4) is 0 Å². The van der Waals surface area contributed by atoms with Crippen molar-refractivity contribution < 1.29 is 9.90 Å². The van der Waals surface area contributed by atoms with E-state index in [1.54, 1.807) is 33.8 Å². The molecule has 0 saturated carbocycles. The molecule has 2 aromatic heterocycles. The summed E-state index contributed by atoms with van der Waals surface area (Å²) in [6.45, 7) is 11.2. The molecule has 4 aromatic rings. The highest BCUT2D eigenvalue weighted by Crippen LogP contribution is 2.38. The van der Waals surface area contributed by atoms with Crippen molar-refractivity contribution >= 4 is 34.4 Å². The fourth-order valence-electron chi connectivity index (χ4n) is 4.70. The first kappa shape index (κ1) is 26.9. The number of anilines is 1. The number of aromatic hydroxyl groups is 1. The van der Waals surface area contributed by atoms with Crippen molar-refractivity contribution in [2.24, 2.45) is 4.99 Å². The Morgan fingerprint density at radius 3 is 2.63 bits per heavy atom. The van der Waals surface area contributed by atoms with Crippen molar-refractivity contribution in [2.45, 2.75) is 47.1 Å². The smallest absolute Gasteiger partial charge is 0.274 e. The van der Waals surface area contributed by atoms with Gasteiger partial charge in [0.05, 0.1) is 34.5 Å². The van der Waals surface area contributed by atoms with Gasteiger partial charge in [-0.1, -0.05) is 26.0 Å². The van der Waals surface area contributed by atoms with Gasteiger partial charge in [0.15, 0.2) is 0 Å². The van der Waals surface area contributed by atoms with E-state index in [4.69, 9.17) is 0 Å². The number of rotatable bonds is 8. The molecular weight excluding hydrogens is 482 g/mol. The summed E-state index contributed by atoms with van der Waals surface area (Å²) in [4.78, 5) is 31.3. The second-order valence-corrected chi connectivity index (χ2v) is 9.07. The first-order valence-corrected chi connectivity index (χ1v) is 13.0. The number of hydrogen-bond acceptors (Lipinski definition) is 6. The van der Waals surface area contributed by atoms with Gasteiger partial charge in [-0.3, -0.25) is 19.4 Å². The van der Waals surface area contributed by atoms with Gasteiger partial charge in [-0.15, -0.1) is 0 Å². The van der Waals surface area contributed by atoms with Crippen LogP contribution < -0.4 is 10.9 Å². The summed E-state index contributed by atoms with van der Waals surface area (Å²) in [7, 11) is 0. The Bertz CT molecular complexity index is 1510. The fourth-order valence-corrected chi connectivity index (χ4v) is 4.70. The predicted molar refractivity (Wildman–Crippen MR) is 151 cm³/mol. The predicted octanol–water partition coefficient (Wildman–Crippen LogP) is 4.36. The Labute approximate surface area is 221 Å². The van der Waals surface area contributed by atoms with Crippen molar-refractivity contribution in [1.29, 1.82) is 0 Å². The number of nitrogens with zero attached hydrogens (tertiary/aromatic N) is 5. The van der Waals surface area contributed by atoms with Gasteiger partial charge in [-0.25, -0.2) is 9.67 Å². The van der Waals surface area contributed by atoms with Crippen LogP contribution in [0.2, 0.25) is 0 Å². The molecule has 0 aliphatic carbocycles. The third-order valence-corrected chi connectivity index (χ3v) is 6.57. The number of phenolic OH excluding ortho intramolecular Hbond substituents is 1. The molecule has 0 spiro atoms. The molecule has 1 fully saturated rings. The third-order valence-electron chi connectivity index (χ3n) is 6.57. The van der Waals surface area contributed by atoms with E-state index in [9.17, 15) is 14.7 Å². The van der Waals surface area contributed by atoms with Gasteiger partial charge in [0.25, 0.3) is 5.56 Å². The molecule has 5 rings (SSSR count). The van der Waals surface area contributed by atoms with E-state index in [1.807, 2.05) is 45.9 Å². The molecule has 0 atom stereocenters.